The van der Waals surface area contributed by atoms with Crippen LogP contribution < -0.4 is 5.32 Å². The first-order valence-corrected chi connectivity index (χ1v) is 7.52. The van der Waals surface area contributed by atoms with Gasteiger partial charge in [-0.1, -0.05) is 0 Å². The molecule has 1 aliphatic carbocycles. The summed E-state index contributed by atoms with van der Waals surface area (Å²) in [6.07, 6.45) is 6.54. The van der Waals surface area contributed by atoms with Crippen LogP contribution in [0, 0.1) is 0 Å². The van der Waals surface area contributed by atoms with E-state index in [9.17, 15) is 9.59 Å². The highest BCUT2D eigenvalue weighted by Gasteiger charge is 2.26. The second-order valence-corrected chi connectivity index (χ2v) is 6.47. The second-order valence-electron chi connectivity index (χ2n) is 6.47. The lowest BCUT2D eigenvalue weighted by molar-refractivity contribution is 0.0427. The summed E-state index contributed by atoms with van der Waals surface area (Å²) in [4.78, 5) is 27.3. The molecule has 0 aromatic carbocycles. The number of carbonyl (C=O) groups excluding carboxylic acids is 2. The number of carbonyl (C=O) groups is 2. The van der Waals surface area contributed by atoms with Crippen LogP contribution >= 0.6 is 0 Å². The normalized spacial score (nSPS) is 22.0. The molecule has 7 nitrogen and oxygen atoms in total. The third-order valence-corrected chi connectivity index (χ3v) is 3.38. The molecule has 1 saturated carbocycles. The molecular weight excluding hydrogens is 286 g/mol. The molecule has 0 unspecified atom stereocenters. The van der Waals surface area contributed by atoms with Crippen molar-refractivity contribution in [1.29, 1.82) is 0 Å². The van der Waals surface area contributed by atoms with Crippen LogP contribution in [0.15, 0.2) is 18.7 Å². The summed E-state index contributed by atoms with van der Waals surface area (Å²) in [7, 11) is 0. The second kappa shape index (κ2) is 6.81. The van der Waals surface area contributed by atoms with Crippen molar-refractivity contribution in [3.63, 3.8) is 0 Å². The van der Waals surface area contributed by atoms with Gasteiger partial charge in [-0.3, -0.25) is 0 Å². The van der Waals surface area contributed by atoms with E-state index >= 15 is 0 Å². The fourth-order valence-corrected chi connectivity index (χ4v) is 2.37. The van der Waals surface area contributed by atoms with Gasteiger partial charge in [0.15, 0.2) is 0 Å². The highest BCUT2D eigenvalue weighted by Crippen LogP contribution is 2.22. The topological polar surface area (TPSA) is 82.5 Å². The Hall–Kier alpha value is -2.05. The van der Waals surface area contributed by atoms with Gasteiger partial charge in [-0.25, -0.2) is 19.1 Å². The molecule has 0 radical (unpaired) electrons. The van der Waals surface area contributed by atoms with Crippen LogP contribution in [0.4, 0.5) is 9.59 Å². The zero-order chi connectivity index (χ0) is 16.2. The number of alkyl carbamates (subject to hydrolysis) is 1. The molecule has 0 saturated heterocycles. The maximum Gasteiger partial charge on any atom is 0.419 e. The fourth-order valence-electron chi connectivity index (χ4n) is 2.37. The number of ether oxygens (including phenoxy) is 2. The van der Waals surface area contributed by atoms with Crippen molar-refractivity contribution in [2.75, 3.05) is 0 Å². The van der Waals surface area contributed by atoms with Gasteiger partial charge in [0.1, 0.15) is 18.0 Å². The number of nitrogens with one attached hydrogen (secondary N) is 1. The average molecular weight is 309 g/mol. The van der Waals surface area contributed by atoms with Crippen LogP contribution in [0.5, 0.6) is 0 Å². The van der Waals surface area contributed by atoms with Crippen LogP contribution in [0.25, 0.3) is 0 Å². The maximum absolute atomic E-state index is 11.8. The largest absolute Gasteiger partial charge is 0.446 e. The molecular formula is C15H23N3O4. The third-order valence-electron chi connectivity index (χ3n) is 3.38. The predicted octanol–water partition coefficient (Wildman–Crippen LogP) is 2.70. The lowest BCUT2D eigenvalue weighted by Gasteiger charge is -2.29. The van der Waals surface area contributed by atoms with E-state index in [0.29, 0.717) is 0 Å². The van der Waals surface area contributed by atoms with E-state index in [-0.39, 0.29) is 12.1 Å². The van der Waals surface area contributed by atoms with E-state index in [1.807, 2.05) is 20.8 Å². The number of nitrogens with zero attached hydrogens (tertiary/aromatic N) is 2. The summed E-state index contributed by atoms with van der Waals surface area (Å²) >= 11 is 0. The van der Waals surface area contributed by atoms with Crippen molar-refractivity contribution < 1.29 is 19.1 Å². The van der Waals surface area contributed by atoms with E-state index in [4.69, 9.17) is 9.47 Å². The van der Waals surface area contributed by atoms with Gasteiger partial charge in [-0.05, 0) is 46.5 Å². The molecule has 122 valence electrons. The first-order chi connectivity index (χ1) is 10.3. The van der Waals surface area contributed by atoms with Crippen LogP contribution in [-0.2, 0) is 9.47 Å². The molecule has 1 amide bonds. The number of rotatable bonds is 2. The summed E-state index contributed by atoms with van der Waals surface area (Å²) in [6, 6.07) is 0.0676. The molecule has 1 heterocycles. The van der Waals surface area contributed by atoms with Crippen LogP contribution in [0.1, 0.15) is 46.5 Å². The van der Waals surface area contributed by atoms with E-state index in [1.54, 1.807) is 6.20 Å². The quantitative estimate of drug-likeness (QED) is 0.908. The molecule has 1 aromatic heterocycles. The van der Waals surface area contributed by atoms with Gasteiger partial charge in [0.05, 0.1) is 0 Å². The van der Waals surface area contributed by atoms with Gasteiger partial charge in [-0.2, -0.15) is 0 Å². The van der Waals surface area contributed by atoms with Crippen molar-refractivity contribution in [1.82, 2.24) is 14.9 Å². The minimum absolute atomic E-state index is 0.0676. The zero-order valence-electron chi connectivity index (χ0n) is 13.2. The maximum atomic E-state index is 11.8. The van der Waals surface area contributed by atoms with Crippen molar-refractivity contribution in [2.24, 2.45) is 0 Å². The first kappa shape index (κ1) is 16.3. The third kappa shape index (κ3) is 5.05. The zero-order valence-corrected chi connectivity index (χ0v) is 13.2. The summed E-state index contributed by atoms with van der Waals surface area (Å²) in [6.45, 7) is 5.50. The van der Waals surface area contributed by atoms with Gasteiger partial charge >= 0.3 is 12.2 Å². The smallest absolute Gasteiger partial charge is 0.419 e. The van der Waals surface area contributed by atoms with Crippen LogP contribution in [0.3, 0.4) is 0 Å². The monoisotopic (exact) mass is 309 g/mol. The van der Waals surface area contributed by atoms with Crippen molar-refractivity contribution in [2.45, 2.75) is 64.2 Å². The molecule has 0 bridgehead atoms. The fraction of sp³-hybridized carbons (Fsp3) is 0.667. The average Bonchev–Trinajstić information content (AvgIpc) is 2.92. The molecule has 1 fully saturated rings. The molecule has 0 spiro atoms. The molecule has 0 aliphatic heterocycles. The molecule has 7 heteroatoms. The Balaban J connectivity index is 1.72. The minimum atomic E-state index is -0.498. The van der Waals surface area contributed by atoms with Gasteiger partial charge < -0.3 is 14.8 Å². The Kier molecular flexibility index (Phi) is 5.05. The van der Waals surface area contributed by atoms with Gasteiger partial charge in [0.25, 0.3) is 0 Å². The van der Waals surface area contributed by atoms with E-state index in [2.05, 4.69) is 10.3 Å². The Morgan fingerprint density at radius 2 is 1.91 bits per heavy atom. The summed E-state index contributed by atoms with van der Waals surface area (Å²) in [5.74, 6) is 0. The predicted molar refractivity (Wildman–Crippen MR) is 79.5 cm³/mol. The number of amides is 1. The van der Waals surface area contributed by atoms with Gasteiger partial charge in [0.2, 0.25) is 0 Å². The number of hydrogen-bond donors (Lipinski definition) is 1. The highest BCUT2D eigenvalue weighted by molar-refractivity contribution is 5.70. The Morgan fingerprint density at radius 1 is 1.23 bits per heavy atom. The van der Waals surface area contributed by atoms with Crippen LogP contribution in [-0.4, -0.2) is 39.5 Å². The lowest BCUT2D eigenvalue weighted by Crippen LogP contribution is -2.42. The number of imidazole rings is 1. The van der Waals surface area contributed by atoms with Crippen molar-refractivity contribution in [3.05, 3.63) is 18.7 Å². The highest BCUT2D eigenvalue weighted by atomic mass is 16.6. The summed E-state index contributed by atoms with van der Waals surface area (Å²) in [5, 5.41) is 2.86. The van der Waals surface area contributed by atoms with E-state index < -0.39 is 17.8 Å². The SMILES string of the molecule is CC(C)(C)OC(=O)N[C@H]1CC[C@H](OC(=O)n2ccnc2)CC1. The molecule has 1 aromatic rings. The Bertz CT molecular complexity index is 499. The van der Waals surface area contributed by atoms with Gasteiger partial charge in [0, 0.05) is 18.4 Å². The van der Waals surface area contributed by atoms with Crippen LogP contribution in [0.2, 0.25) is 0 Å². The first-order valence-electron chi connectivity index (χ1n) is 7.52. The summed E-state index contributed by atoms with van der Waals surface area (Å²) in [5.41, 5.74) is -0.498. The molecule has 22 heavy (non-hydrogen) atoms. The number of hydrogen-bond acceptors (Lipinski definition) is 5. The standard InChI is InChI=1S/C15H23N3O4/c1-15(2,3)22-13(19)17-11-4-6-12(7-5-11)21-14(20)18-9-8-16-10-18/h8-12H,4-7H2,1-3H3,(H,17,19)/t11-,12-. The van der Waals surface area contributed by atoms with E-state index in [0.717, 1.165) is 25.7 Å². The Labute approximate surface area is 130 Å². The van der Waals surface area contributed by atoms with E-state index in [1.165, 1.54) is 17.1 Å². The Morgan fingerprint density at radius 3 is 2.45 bits per heavy atom. The van der Waals surface area contributed by atoms with Crippen molar-refractivity contribution in [3.8, 4) is 0 Å². The molecule has 0 atom stereocenters. The lowest BCUT2D eigenvalue weighted by atomic mass is 9.93. The van der Waals surface area contributed by atoms with Gasteiger partial charge in [-0.15, -0.1) is 0 Å². The molecule has 1 N–H and O–H groups in total. The molecule has 2 rings (SSSR count). The van der Waals surface area contributed by atoms with Crippen molar-refractivity contribution >= 4 is 12.2 Å². The number of aromatic nitrogens is 2. The summed E-state index contributed by atoms with van der Waals surface area (Å²) < 4.78 is 12.0. The molecule has 1 aliphatic rings. The minimum Gasteiger partial charge on any atom is -0.446 e.